The molecule has 0 aliphatic heterocycles. The van der Waals surface area contributed by atoms with Crippen LogP contribution in [-0.4, -0.2) is 25.9 Å². The van der Waals surface area contributed by atoms with Gasteiger partial charge in [0.2, 0.25) is 0 Å². The third kappa shape index (κ3) is 2.84. The van der Waals surface area contributed by atoms with E-state index < -0.39 is 0 Å². The van der Waals surface area contributed by atoms with Gasteiger partial charge in [0, 0.05) is 12.1 Å². The second-order valence-corrected chi connectivity index (χ2v) is 5.87. The van der Waals surface area contributed by atoms with Crippen LogP contribution in [0.3, 0.4) is 0 Å². The van der Waals surface area contributed by atoms with E-state index in [0.29, 0.717) is 12.6 Å². The summed E-state index contributed by atoms with van der Waals surface area (Å²) in [6.45, 7) is 2.56. The minimum absolute atomic E-state index is 0.380. The summed E-state index contributed by atoms with van der Waals surface area (Å²) < 4.78 is 7.80. The van der Waals surface area contributed by atoms with Gasteiger partial charge in [-0.3, -0.25) is 0 Å². The normalized spacial score (nSPS) is 14.7. The summed E-state index contributed by atoms with van der Waals surface area (Å²) in [5.41, 5.74) is 1.89. The molecule has 2 aromatic heterocycles. The number of aryl methyl sites for hydroxylation is 1. The predicted octanol–water partition coefficient (Wildman–Crippen LogP) is 2.98. The van der Waals surface area contributed by atoms with Gasteiger partial charge in [-0.2, -0.15) is 4.52 Å². The molecule has 0 bridgehead atoms. The van der Waals surface area contributed by atoms with Crippen LogP contribution in [0.1, 0.15) is 30.7 Å². The molecule has 1 saturated carbocycles. The van der Waals surface area contributed by atoms with Crippen molar-refractivity contribution in [2.75, 3.05) is 5.32 Å². The molecule has 0 spiro atoms. The number of aromatic nitrogens is 4. The lowest BCUT2D eigenvalue weighted by atomic mass is 9.96. The maximum absolute atomic E-state index is 6.06. The Hall–Kier alpha value is -2.63. The third-order valence-electron chi connectivity index (χ3n) is 4.20. The lowest BCUT2D eigenvalue weighted by molar-refractivity contribution is 0.119. The first-order valence-corrected chi connectivity index (χ1v) is 7.97. The molecular weight excluding hydrogens is 290 g/mol. The van der Waals surface area contributed by atoms with Crippen LogP contribution in [-0.2, 0) is 6.54 Å². The second-order valence-electron chi connectivity index (χ2n) is 5.87. The van der Waals surface area contributed by atoms with E-state index in [1.54, 1.807) is 4.52 Å². The van der Waals surface area contributed by atoms with Crippen molar-refractivity contribution >= 4 is 11.5 Å². The van der Waals surface area contributed by atoms with E-state index >= 15 is 0 Å². The van der Waals surface area contributed by atoms with Gasteiger partial charge in [0.15, 0.2) is 11.5 Å². The molecule has 118 valence electrons. The van der Waals surface area contributed by atoms with Crippen molar-refractivity contribution in [3.05, 3.63) is 47.8 Å². The highest BCUT2D eigenvalue weighted by molar-refractivity contribution is 5.45. The molecule has 6 nitrogen and oxygen atoms in total. The molecule has 1 aliphatic carbocycles. The van der Waals surface area contributed by atoms with Crippen molar-refractivity contribution < 1.29 is 4.74 Å². The lowest BCUT2D eigenvalue weighted by Gasteiger charge is -2.27. The number of para-hydroxylation sites is 1. The molecule has 0 unspecified atom stereocenters. The van der Waals surface area contributed by atoms with Gasteiger partial charge in [0.05, 0.1) is 6.10 Å². The zero-order valence-electron chi connectivity index (χ0n) is 13.1. The largest absolute Gasteiger partial charge is 0.490 e. The van der Waals surface area contributed by atoms with Gasteiger partial charge in [-0.05, 0) is 44.4 Å². The first kappa shape index (κ1) is 14.0. The van der Waals surface area contributed by atoms with E-state index in [0.717, 1.165) is 41.4 Å². The Morgan fingerprint density at radius 3 is 2.87 bits per heavy atom. The monoisotopic (exact) mass is 309 g/mol. The molecule has 6 heteroatoms. The molecule has 2 heterocycles. The summed E-state index contributed by atoms with van der Waals surface area (Å²) in [4.78, 5) is 0. The zero-order chi connectivity index (χ0) is 15.6. The number of nitrogens with zero attached hydrogens (tertiary/aromatic N) is 4. The number of ether oxygens (including phenoxy) is 1. The minimum Gasteiger partial charge on any atom is -0.490 e. The molecule has 0 amide bonds. The van der Waals surface area contributed by atoms with E-state index in [-0.39, 0.29) is 0 Å². The maximum atomic E-state index is 6.06. The quantitative estimate of drug-likeness (QED) is 0.785. The van der Waals surface area contributed by atoms with E-state index in [9.17, 15) is 0 Å². The predicted molar refractivity (Wildman–Crippen MR) is 87.6 cm³/mol. The van der Waals surface area contributed by atoms with Gasteiger partial charge < -0.3 is 10.1 Å². The molecule has 1 N–H and O–H groups in total. The highest BCUT2D eigenvalue weighted by atomic mass is 16.5. The average molecular weight is 309 g/mol. The van der Waals surface area contributed by atoms with Gasteiger partial charge in [0.1, 0.15) is 11.6 Å². The molecule has 3 aromatic rings. The number of nitrogens with one attached hydrogen (secondary N) is 1. The highest BCUT2D eigenvalue weighted by Crippen LogP contribution is 2.27. The summed E-state index contributed by atoms with van der Waals surface area (Å²) in [7, 11) is 0. The molecule has 0 saturated heterocycles. The number of hydrogen-bond donors (Lipinski definition) is 1. The summed E-state index contributed by atoms with van der Waals surface area (Å²) in [6.07, 6.45) is 3.97. The summed E-state index contributed by atoms with van der Waals surface area (Å²) in [5.74, 6) is 2.53. The molecule has 1 fully saturated rings. The standard InChI is InChI=1S/C17H19N5O/c1-12-19-20-17-10-9-16(21-22(12)17)18-11-13-5-2-3-8-15(13)23-14-6-4-7-14/h2-3,5,8-10,14H,4,6-7,11H2,1H3,(H,18,21). The van der Waals surface area contributed by atoms with Crippen molar-refractivity contribution in [3.63, 3.8) is 0 Å². The van der Waals surface area contributed by atoms with Crippen LogP contribution < -0.4 is 10.1 Å². The van der Waals surface area contributed by atoms with Crippen molar-refractivity contribution in [2.24, 2.45) is 0 Å². The van der Waals surface area contributed by atoms with Crippen molar-refractivity contribution in [1.82, 2.24) is 19.8 Å². The van der Waals surface area contributed by atoms with Crippen LogP contribution in [0, 0.1) is 6.92 Å². The fourth-order valence-electron chi connectivity index (χ4n) is 2.61. The number of benzene rings is 1. The molecule has 1 aliphatic rings. The molecule has 23 heavy (non-hydrogen) atoms. The Kier molecular flexibility index (Phi) is 3.57. The first-order chi connectivity index (χ1) is 11.3. The summed E-state index contributed by atoms with van der Waals surface area (Å²) in [6, 6.07) is 12.0. The molecule has 0 atom stereocenters. The van der Waals surface area contributed by atoms with Crippen LogP contribution in [0.2, 0.25) is 0 Å². The van der Waals surface area contributed by atoms with E-state index in [1.165, 1.54) is 6.42 Å². The lowest BCUT2D eigenvalue weighted by Crippen LogP contribution is -2.25. The van der Waals surface area contributed by atoms with Crippen molar-refractivity contribution in [3.8, 4) is 5.75 Å². The van der Waals surface area contributed by atoms with Crippen molar-refractivity contribution in [2.45, 2.75) is 38.8 Å². The fourth-order valence-corrected chi connectivity index (χ4v) is 2.61. The number of fused-ring (bicyclic) bond motifs is 1. The van der Waals surface area contributed by atoms with Gasteiger partial charge in [0.25, 0.3) is 0 Å². The van der Waals surface area contributed by atoms with Crippen LogP contribution in [0.15, 0.2) is 36.4 Å². The highest BCUT2D eigenvalue weighted by Gasteiger charge is 2.20. The Balaban J connectivity index is 1.50. The summed E-state index contributed by atoms with van der Waals surface area (Å²) >= 11 is 0. The Bertz CT molecular complexity index is 825. The maximum Gasteiger partial charge on any atom is 0.178 e. The minimum atomic E-state index is 0.380. The molecular formula is C17H19N5O. The van der Waals surface area contributed by atoms with Crippen molar-refractivity contribution in [1.29, 1.82) is 0 Å². The third-order valence-corrected chi connectivity index (χ3v) is 4.20. The first-order valence-electron chi connectivity index (χ1n) is 7.97. The van der Waals surface area contributed by atoms with Gasteiger partial charge in [-0.1, -0.05) is 18.2 Å². The van der Waals surface area contributed by atoms with Crippen LogP contribution in [0.25, 0.3) is 5.65 Å². The van der Waals surface area contributed by atoms with Crippen LogP contribution in [0.4, 0.5) is 5.82 Å². The second kappa shape index (κ2) is 5.87. The number of rotatable bonds is 5. The molecule has 4 rings (SSSR count). The van der Waals surface area contributed by atoms with E-state index in [4.69, 9.17) is 4.74 Å². The van der Waals surface area contributed by atoms with E-state index in [2.05, 4.69) is 26.7 Å². The number of anilines is 1. The average Bonchev–Trinajstić information content (AvgIpc) is 2.91. The Morgan fingerprint density at radius 1 is 1.17 bits per heavy atom. The zero-order valence-corrected chi connectivity index (χ0v) is 13.1. The molecule has 1 aromatic carbocycles. The van der Waals surface area contributed by atoms with Gasteiger partial charge in [-0.25, -0.2) is 0 Å². The molecule has 0 radical (unpaired) electrons. The Morgan fingerprint density at radius 2 is 2.04 bits per heavy atom. The van der Waals surface area contributed by atoms with E-state index in [1.807, 2.05) is 37.3 Å². The van der Waals surface area contributed by atoms with Gasteiger partial charge in [-0.15, -0.1) is 15.3 Å². The number of hydrogen-bond acceptors (Lipinski definition) is 5. The van der Waals surface area contributed by atoms with Crippen LogP contribution in [0.5, 0.6) is 5.75 Å². The van der Waals surface area contributed by atoms with Gasteiger partial charge >= 0.3 is 0 Å². The smallest absolute Gasteiger partial charge is 0.178 e. The fraction of sp³-hybridized carbons (Fsp3) is 0.353. The summed E-state index contributed by atoms with van der Waals surface area (Å²) in [5, 5.41) is 15.9. The Labute approximate surface area is 134 Å². The van der Waals surface area contributed by atoms with Crippen LogP contribution >= 0.6 is 0 Å². The SMILES string of the molecule is Cc1nnc2ccc(NCc3ccccc3OC3CCC3)nn12. The topological polar surface area (TPSA) is 64.3 Å².